The van der Waals surface area contributed by atoms with Crippen LogP contribution < -0.4 is 5.32 Å². The Labute approximate surface area is 160 Å². The van der Waals surface area contributed by atoms with Gasteiger partial charge in [0, 0.05) is 55.4 Å². The number of aromatic nitrogens is 1. The van der Waals surface area contributed by atoms with Crippen molar-refractivity contribution in [3.63, 3.8) is 0 Å². The van der Waals surface area contributed by atoms with E-state index in [9.17, 15) is 19.3 Å². The monoisotopic (exact) mass is 388 g/mol. The molecule has 1 aliphatic carbocycles. The SMILES string of the molecule is CC1CN(Cc2cc([N+](=O)[O-])ccc2F)CC1NC(=O)c1cc(C2CC2)on1. The van der Waals surface area contributed by atoms with Gasteiger partial charge in [0.05, 0.1) is 4.92 Å². The minimum atomic E-state index is -0.535. The average molecular weight is 388 g/mol. The average Bonchev–Trinajstić information content (AvgIpc) is 3.28. The molecule has 1 amide bonds. The summed E-state index contributed by atoms with van der Waals surface area (Å²) in [4.78, 5) is 24.8. The molecule has 2 aromatic rings. The maximum absolute atomic E-state index is 14.0. The predicted octanol–water partition coefficient (Wildman–Crippen LogP) is 2.85. The largest absolute Gasteiger partial charge is 0.360 e. The van der Waals surface area contributed by atoms with Crippen LogP contribution in [0.5, 0.6) is 0 Å². The van der Waals surface area contributed by atoms with Crippen molar-refractivity contribution in [3.8, 4) is 0 Å². The van der Waals surface area contributed by atoms with Crippen molar-refractivity contribution in [2.75, 3.05) is 13.1 Å². The Balaban J connectivity index is 1.38. The number of nitro benzene ring substituents is 1. The highest BCUT2D eigenvalue weighted by Gasteiger charge is 2.33. The number of rotatable bonds is 6. The van der Waals surface area contributed by atoms with Crippen LogP contribution in [0, 0.1) is 21.8 Å². The zero-order valence-corrected chi connectivity index (χ0v) is 15.4. The van der Waals surface area contributed by atoms with Gasteiger partial charge in [0.15, 0.2) is 5.69 Å². The zero-order chi connectivity index (χ0) is 19.8. The van der Waals surface area contributed by atoms with Gasteiger partial charge in [-0.2, -0.15) is 0 Å². The second-order valence-corrected chi connectivity index (χ2v) is 7.67. The lowest BCUT2D eigenvalue weighted by atomic mass is 10.1. The Kier molecular flexibility index (Phi) is 4.84. The number of hydrogen-bond donors (Lipinski definition) is 1. The minimum absolute atomic E-state index is 0.115. The van der Waals surface area contributed by atoms with Crippen LogP contribution in [0.1, 0.15) is 47.5 Å². The number of hydrogen-bond acceptors (Lipinski definition) is 6. The highest BCUT2D eigenvalue weighted by molar-refractivity contribution is 5.92. The molecule has 2 aliphatic rings. The van der Waals surface area contributed by atoms with E-state index in [1.807, 2.05) is 11.8 Å². The van der Waals surface area contributed by atoms with Crippen LogP contribution in [0.2, 0.25) is 0 Å². The van der Waals surface area contributed by atoms with Gasteiger partial charge in [-0.1, -0.05) is 12.1 Å². The molecule has 1 saturated carbocycles. The fraction of sp³-hybridized carbons (Fsp3) is 0.474. The van der Waals surface area contributed by atoms with Crippen LogP contribution in [-0.4, -0.2) is 40.0 Å². The molecular formula is C19H21FN4O4. The van der Waals surface area contributed by atoms with E-state index in [0.717, 1.165) is 30.7 Å². The number of amides is 1. The Morgan fingerprint density at radius 2 is 2.18 bits per heavy atom. The van der Waals surface area contributed by atoms with Gasteiger partial charge < -0.3 is 9.84 Å². The summed E-state index contributed by atoms with van der Waals surface area (Å²) < 4.78 is 19.3. The molecule has 28 heavy (non-hydrogen) atoms. The van der Waals surface area contributed by atoms with Gasteiger partial charge >= 0.3 is 0 Å². The number of likely N-dealkylation sites (tertiary alicyclic amines) is 1. The number of carbonyl (C=O) groups is 1. The summed E-state index contributed by atoms with van der Waals surface area (Å²) in [6, 6.07) is 5.12. The molecular weight excluding hydrogens is 367 g/mol. The first-order valence-corrected chi connectivity index (χ1v) is 9.33. The third-order valence-electron chi connectivity index (χ3n) is 5.38. The fourth-order valence-corrected chi connectivity index (χ4v) is 3.62. The van der Waals surface area contributed by atoms with Gasteiger partial charge in [-0.25, -0.2) is 4.39 Å². The summed E-state index contributed by atoms with van der Waals surface area (Å²) in [7, 11) is 0. The van der Waals surface area contributed by atoms with Crippen LogP contribution in [0.15, 0.2) is 28.8 Å². The van der Waals surface area contributed by atoms with E-state index in [1.54, 1.807) is 6.07 Å². The molecule has 0 bridgehead atoms. The lowest BCUT2D eigenvalue weighted by Crippen LogP contribution is -2.40. The number of carbonyl (C=O) groups excluding carboxylic acids is 1. The second kappa shape index (κ2) is 7.31. The van der Waals surface area contributed by atoms with Crippen LogP contribution in [-0.2, 0) is 6.54 Å². The molecule has 9 heteroatoms. The molecule has 4 rings (SSSR count). The van der Waals surface area contributed by atoms with E-state index in [1.165, 1.54) is 6.07 Å². The summed E-state index contributed by atoms with van der Waals surface area (Å²) in [5.74, 6) is 0.546. The third-order valence-corrected chi connectivity index (χ3v) is 5.38. The molecule has 1 N–H and O–H groups in total. The van der Waals surface area contributed by atoms with Crippen molar-refractivity contribution < 1.29 is 18.6 Å². The zero-order valence-electron chi connectivity index (χ0n) is 15.4. The van der Waals surface area contributed by atoms with Crippen LogP contribution in [0.3, 0.4) is 0 Å². The van der Waals surface area contributed by atoms with Crippen molar-refractivity contribution >= 4 is 11.6 Å². The molecule has 1 aliphatic heterocycles. The standard InChI is InChI=1S/C19H21FN4O4/c1-11-8-23(9-13-6-14(24(26)27)4-5-15(13)20)10-17(11)21-19(25)16-7-18(28-22-16)12-2-3-12/h4-7,11-12,17H,2-3,8-10H2,1H3,(H,21,25). The number of nitrogens with one attached hydrogen (secondary N) is 1. The molecule has 0 radical (unpaired) electrons. The van der Waals surface area contributed by atoms with E-state index >= 15 is 0 Å². The maximum atomic E-state index is 14.0. The number of nitrogens with zero attached hydrogens (tertiary/aromatic N) is 3. The van der Waals surface area contributed by atoms with E-state index in [0.29, 0.717) is 19.0 Å². The number of halogens is 1. The van der Waals surface area contributed by atoms with Crippen molar-refractivity contribution in [1.29, 1.82) is 0 Å². The van der Waals surface area contributed by atoms with E-state index < -0.39 is 10.7 Å². The lowest BCUT2D eigenvalue weighted by molar-refractivity contribution is -0.385. The van der Waals surface area contributed by atoms with Gasteiger partial charge in [0.2, 0.25) is 0 Å². The first-order chi connectivity index (χ1) is 13.4. The molecule has 1 aromatic carbocycles. The molecule has 0 spiro atoms. The topological polar surface area (TPSA) is 102 Å². The van der Waals surface area contributed by atoms with Gasteiger partial charge in [0.25, 0.3) is 11.6 Å². The van der Waals surface area contributed by atoms with Gasteiger partial charge in [-0.3, -0.25) is 19.8 Å². The smallest absolute Gasteiger partial charge is 0.273 e. The number of non-ortho nitro benzene ring substituents is 1. The molecule has 2 heterocycles. The molecule has 8 nitrogen and oxygen atoms in total. The Bertz CT molecular complexity index is 911. The Hall–Kier alpha value is -2.81. The second-order valence-electron chi connectivity index (χ2n) is 7.67. The molecule has 2 fully saturated rings. The normalized spacial score (nSPS) is 22.4. The highest BCUT2D eigenvalue weighted by Crippen LogP contribution is 2.40. The summed E-state index contributed by atoms with van der Waals surface area (Å²) in [5, 5.41) is 17.7. The van der Waals surface area contributed by atoms with E-state index in [2.05, 4.69) is 10.5 Å². The molecule has 148 valence electrons. The number of benzene rings is 1. The van der Waals surface area contributed by atoms with Crippen molar-refractivity contribution in [1.82, 2.24) is 15.4 Å². The lowest BCUT2D eigenvalue weighted by Gasteiger charge is -2.17. The quantitative estimate of drug-likeness (QED) is 0.603. The summed E-state index contributed by atoms with van der Waals surface area (Å²) >= 11 is 0. The first-order valence-electron chi connectivity index (χ1n) is 9.33. The maximum Gasteiger partial charge on any atom is 0.273 e. The van der Waals surface area contributed by atoms with Crippen molar-refractivity contribution in [2.24, 2.45) is 5.92 Å². The summed E-state index contributed by atoms with van der Waals surface area (Å²) in [5.41, 5.74) is 0.419. The summed E-state index contributed by atoms with van der Waals surface area (Å²) in [6.07, 6.45) is 2.14. The Morgan fingerprint density at radius 1 is 1.39 bits per heavy atom. The molecule has 2 atom stereocenters. The fourth-order valence-electron chi connectivity index (χ4n) is 3.62. The van der Waals surface area contributed by atoms with E-state index in [-0.39, 0.29) is 41.4 Å². The first kappa shape index (κ1) is 18.5. The van der Waals surface area contributed by atoms with Crippen LogP contribution in [0.25, 0.3) is 0 Å². The van der Waals surface area contributed by atoms with Gasteiger partial charge in [-0.05, 0) is 24.8 Å². The molecule has 1 aromatic heterocycles. The van der Waals surface area contributed by atoms with Gasteiger partial charge in [0.1, 0.15) is 11.6 Å². The van der Waals surface area contributed by atoms with Crippen molar-refractivity contribution in [3.05, 3.63) is 57.2 Å². The highest BCUT2D eigenvalue weighted by atomic mass is 19.1. The van der Waals surface area contributed by atoms with Crippen molar-refractivity contribution in [2.45, 2.75) is 38.3 Å². The van der Waals surface area contributed by atoms with E-state index in [4.69, 9.17) is 4.52 Å². The third kappa shape index (κ3) is 3.89. The number of nitro groups is 1. The van der Waals surface area contributed by atoms with Crippen LogP contribution >= 0.6 is 0 Å². The predicted molar refractivity (Wildman–Crippen MR) is 97.2 cm³/mol. The molecule has 2 unspecified atom stereocenters. The van der Waals surface area contributed by atoms with Gasteiger partial charge in [-0.15, -0.1) is 0 Å². The summed E-state index contributed by atoms with van der Waals surface area (Å²) in [6.45, 7) is 3.44. The molecule has 1 saturated heterocycles. The minimum Gasteiger partial charge on any atom is -0.360 e. The Morgan fingerprint density at radius 3 is 2.89 bits per heavy atom. The van der Waals surface area contributed by atoms with Crippen LogP contribution in [0.4, 0.5) is 10.1 Å².